The van der Waals surface area contributed by atoms with Gasteiger partial charge in [0.15, 0.2) is 0 Å². The zero-order valence-corrected chi connectivity index (χ0v) is 26.5. The SMILES string of the molecule is CCCNC(=O)[C@H](Cc1ccccc1)N(Cc1ccc(F)cc1)C(=O)CN(c1ccc(C)cc1)S(=O)(=O)c1ccc(OC)cc1. The third-order valence-corrected chi connectivity index (χ3v) is 9.12. The Bertz CT molecular complexity index is 1660. The third-order valence-electron chi connectivity index (χ3n) is 7.33. The maximum atomic E-state index is 14.4. The second-order valence-corrected chi connectivity index (χ2v) is 12.5. The summed E-state index contributed by atoms with van der Waals surface area (Å²) < 4.78 is 48.2. The highest BCUT2D eigenvalue weighted by Gasteiger charge is 2.34. The van der Waals surface area contributed by atoms with Gasteiger partial charge in [-0.05, 0) is 73.0 Å². The zero-order chi connectivity index (χ0) is 32.4. The molecule has 0 heterocycles. The molecule has 0 bridgehead atoms. The molecule has 4 aromatic rings. The molecule has 0 aliphatic carbocycles. The average Bonchev–Trinajstić information content (AvgIpc) is 3.05. The first-order valence-electron chi connectivity index (χ1n) is 14.7. The number of nitrogens with zero attached hydrogens (tertiary/aromatic N) is 2. The summed E-state index contributed by atoms with van der Waals surface area (Å²) in [5, 5.41) is 2.90. The van der Waals surface area contributed by atoms with Crippen LogP contribution in [0.4, 0.5) is 10.1 Å². The number of carbonyl (C=O) groups is 2. The summed E-state index contributed by atoms with van der Waals surface area (Å²) in [5.74, 6) is -0.908. The zero-order valence-electron chi connectivity index (χ0n) is 25.6. The van der Waals surface area contributed by atoms with E-state index in [4.69, 9.17) is 4.74 Å². The van der Waals surface area contributed by atoms with Crippen LogP contribution in [-0.2, 0) is 32.6 Å². The predicted octanol–water partition coefficient (Wildman–Crippen LogP) is 5.50. The summed E-state index contributed by atoms with van der Waals surface area (Å²) in [6, 6.07) is 26.7. The number of aryl methyl sites for hydroxylation is 1. The number of methoxy groups -OCH3 is 1. The van der Waals surface area contributed by atoms with Gasteiger partial charge in [-0.2, -0.15) is 0 Å². The molecule has 45 heavy (non-hydrogen) atoms. The Balaban J connectivity index is 1.78. The van der Waals surface area contributed by atoms with Gasteiger partial charge in [-0.25, -0.2) is 12.8 Å². The lowest BCUT2D eigenvalue weighted by molar-refractivity contribution is -0.140. The number of hydrogen-bond acceptors (Lipinski definition) is 5. The molecular weight excluding hydrogens is 593 g/mol. The molecule has 0 spiro atoms. The van der Waals surface area contributed by atoms with Crippen LogP contribution in [0.5, 0.6) is 5.75 Å². The lowest BCUT2D eigenvalue weighted by Gasteiger charge is -2.34. The Morgan fingerprint density at radius 1 is 0.867 bits per heavy atom. The lowest BCUT2D eigenvalue weighted by Crippen LogP contribution is -2.53. The number of carbonyl (C=O) groups excluding carboxylic acids is 2. The molecule has 0 unspecified atom stereocenters. The van der Waals surface area contributed by atoms with Gasteiger partial charge in [0.2, 0.25) is 11.8 Å². The van der Waals surface area contributed by atoms with Crippen LogP contribution in [0.3, 0.4) is 0 Å². The smallest absolute Gasteiger partial charge is 0.264 e. The molecule has 0 aliphatic heterocycles. The minimum Gasteiger partial charge on any atom is -0.497 e. The van der Waals surface area contributed by atoms with Gasteiger partial charge in [0.05, 0.1) is 17.7 Å². The molecule has 8 nitrogen and oxygen atoms in total. The van der Waals surface area contributed by atoms with Gasteiger partial charge in [0.1, 0.15) is 24.2 Å². The molecule has 0 saturated carbocycles. The van der Waals surface area contributed by atoms with Gasteiger partial charge in [0, 0.05) is 19.5 Å². The Kier molecular flexibility index (Phi) is 11.3. The van der Waals surface area contributed by atoms with E-state index < -0.39 is 34.3 Å². The molecule has 2 amide bonds. The van der Waals surface area contributed by atoms with E-state index >= 15 is 0 Å². The lowest BCUT2D eigenvalue weighted by atomic mass is 10.0. The van der Waals surface area contributed by atoms with Crippen LogP contribution in [0.15, 0.2) is 108 Å². The summed E-state index contributed by atoms with van der Waals surface area (Å²) in [6.45, 7) is 3.59. The van der Waals surface area contributed by atoms with Crippen molar-refractivity contribution in [3.63, 3.8) is 0 Å². The van der Waals surface area contributed by atoms with E-state index in [1.54, 1.807) is 36.4 Å². The van der Waals surface area contributed by atoms with E-state index in [-0.39, 0.29) is 23.8 Å². The van der Waals surface area contributed by atoms with Crippen LogP contribution in [-0.4, -0.2) is 51.4 Å². The van der Waals surface area contributed by atoms with Crippen molar-refractivity contribution in [3.05, 3.63) is 126 Å². The van der Waals surface area contributed by atoms with Crippen molar-refractivity contribution >= 4 is 27.5 Å². The number of nitrogens with one attached hydrogen (secondary N) is 1. The number of benzene rings is 4. The molecule has 0 aliphatic rings. The molecule has 0 aromatic heterocycles. The molecule has 4 rings (SSSR count). The fourth-order valence-corrected chi connectivity index (χ4v) is 6.24. The average molecular weight is 632 g/mol. The molecule has 236 valence electrons. The van der Waals surface area contributed by atoms with E-state index in [0.717, 1.165) is 15.4 Å². The molecule has 0 fully saturated rings. The molecule has 0 radical (unpaired) electrons. The van der Waals surface area contributed by atoms with Crippen molar-refractivity contribution in [2.45, 2.75) is 44.2 Å². The number of halogens is 1. The van der Waals surface area contributed by atoms with E-state index in [9.17, 15) is 22.4 Å². The maximum Gasteiger partial charge on any atom is 0.264 e. The number of rotatable bonds is 14. The van der Waals surface area contributed by atoms with Gasteiger partial charge in [-0.1, -0.05) is 67.1 Å². The highest BCUT2D eigenvalue weighted by molar-refractivity contribution is 7.92. The standard InChI is InChI=1S/C35H38FN3O5S/c1-4-22-37-35(41)33(23-27-8-6-5-7-9-27)38(24-28-12-14-29(36)15-13-28)34(40)25-39(30-16-10-26(2)11-17-30)45(42,43)32-20-18-31(44-3)19-21-32/h5-21,33H,4,22-25H2,1-3H3,(H,37,41)/t33-/m0/s1. The first-order chi connectivity index (χ1) is 21.6. The fraction of sp³-hybridized carbons (Fsp3) is 0.257. The van der Waals surface area contributed by atoms with Crippen molar-refractivity contribution in [1.82, 2.24) is 10.2 Å². The van der Waals surface area contributed by atoms with Gasteiger partial charge in [0.25, 0.3) is 10.0 Å². The van der Waals surface area contributed by atoms with Crippen molar-refractivity contribution in [2.24, 2.45) is 0 Å². The fourth-order valence-electron chi connectivity index (χ4n) is 4.82. The number of ether oxygens (including phenoxy) is 1. The first-order valence-corrected chi connectivity index (χ1v) is 16.2. The van der Waals surface area contributed by atoms with Gasteiger partial charge in [-0.15, -0.1) is 0 Å². The Labute approximate surface area is 264 Å². The van der Waals surface area contributed by atoms with Crippen LogP contribution < -0.4 is 14.4 Å². The second-order valence-electron chi connectivity index (χ2n) is 10.7. The van der Waals surface area contributed by atoms with E-state index in [1.165, 1.54) is 48.4 Å². The molecule has 1 atom stereocenters. The molecule has 4 aromatic carbocycles. The van der Waals surface area contributed by atoms with Gasteiger partial charge < -0.3 is 15.0 Å². The van der Waals surface area contributed by atoms with Crippen LogP contribution in [0.25, 0.3) is 0 Å². The Morgan fingerprint density at radius 3 is 2.11 bits per heavy atom. The molecular formula is C35H38FN3O5S. The topological polar surface area (TPSA) is 96.0 Å². The summed E-state index contributed by atoms with van der Waals surface area (Å²) in [5.41, 5.74) is 2.63. The highest BCUT2D eigenvalue weighted by Crippen LogP contribution is 2.27. The molecule has 10 heteroatoms. The Hall–Kier alpha value is -4.70. The Morgan fingerprint density at radius 2 is 1.51 bits per heavy atom. The van der Waals surface area contributed by atoms with Crippen LogP contribution in [0, 0.1) is 12.7 Å². The highest BCUT2D eigenvalue weighted by atomic mass is 32.2. The van der Waals surface area contributed by atoms with Gasteiger partial charge >= 0.3 is 0 Å². The van der Waals surface area contributed by atoms with Crippen LogP contribution >= 0.6 is 0 Å². The summed E-state index contributed by atoms with van der Waals surface area (Å²) in [6.07, 6.45) is 0.885. The van der Waals surface area contributed by atoms with Gasteiger partial charge in [-0.3, -0.25) is 13.9 Å². The number of amides is 2. The van der Waals surface area contributed by atoms with Crippen LogP contribution in [0.1, 0.15) is 30.0 Å². The van der Waals surface area contributed by atoms with E-state index in [2.05, 4.69) is 5.32 Å². The second kappa shape index (κ2) is 15.3. The molecule has 1 N–H and O–H groups in total. The predicted molar refractivity (Wildman–Crippen MR) is 173 cm³/mol. The first kappa shape index (κ1) is 33.2. The summed E-state index contributed by atoms with van der Waals surface area (Å²) in [7, 11) is -2.75. The third kappa shape index (κ3) is 8.69. The number of sulfonamides is 1. The summed E-state index contributed by atoms with van der Waals surface area (Å²) in [4.78, 5) is 29.4. The van der Waals surface area contributed by atoms with Crippen LogP contribution in [0.2, 0.25) is 0 Å². The maximum absolute atomic E-state index is 14.4. The van der Waals surface area contributed by atoms with E-state index in [1.807, 2.05) is 44.2 Å². The quantitative estimate of drug-likeness (QED) is 0.198. The van der Waals surface area contributed by atoms with Crippen molar-refractivity contribution in [2.75, 3.05) is 24.5 Å². The number of hydrogen-bond donors (Lipinski definition) is 1. The van der Waals surface area contributed by atoms with Crippen molar-refractivity contribution in [1.29, 1.82) is 0 Å². The van der Waals surface area contributed by atoms with Crippen molar-refractivity contribution in [3.8, 4) is 5.75 Å². The van der Waals surface area contributed by atoms with Crippen molar-refractivity contribution < 1.29 is 27.1 Å². The summed E-state index contributed by atoms with van der Waals surface area (Å²) >= 11 is 0. The minimum atomic E-state index is -4.24. The van der Waals surface area contributed by atoms with E-state index in [0.29, 0.717) is 30.0 Å². The normalized spacial score (nSPS) is 11.8. The number of anilines is 1. The molecule has 0 saturated heterocycles. The largest absolute Gasteiger partial charge is 0.497 e. The minimum absolute atomic E-state index is 0.0247. The monoisotopic (exact) mass is 631 g/mol.